The molecule has 0 amide bonds. The summed E-state index contributed by atoms with van der Waals surface area (Å²) in [6.45, 7) is 0. The van der Waals surface area contributed by atoms with Crippen molar-refractivity contribution in [3.8, 4) is 0 Å². The van der Waals surface area contributed by atoms with E-state index >= 15 is 0 Å². The van der Waals surface area contributed by atoms with Gasteiger partial charge in [-0.1, -0.05) is 32.1 Å². The molecule has 0 aromatic carbocycles. The fourth-order valence-electron chi connectivity index (χ4n) is 11.4. The normalized spacial score (nSPS) is 64.3. The van der Waals surface area contributed by atoms with Gasteiger partial charge in [-0.05, 0) is 122 Å². The van der Waals surface area contributed by atoms with E-state index < -0.39 is 0 Å². The lowest BCUT2D eigenvalue weighted by atomic mass is 9.35. The highest BCUT2D eigenvalue weighted by Gasteiger charge is 2.65. The molecule has 0 aliphatic heterocycles. The zero-order valence-corrected chi connectivity index (χ0v) is 16.1. The first-order valence-electron chi connectivity index (χ1n) is 12.4. The minimum atomic E-state index is 1.17. The van der Waals surface area contributed by atoms with Crippen LogP contribution in [0, 0.1) is 71.0 Å². The Bertz CT molecular complexity index is 550. The molecule has 0 aromatic rings. The van der Waals surface area contributed by atoms with Gasteiger partial charge in [-0.25, -0.2) is 0 Å². The molecule has 0 nitrogen and oxygen atoms in total. The van der Waals surface area contributed by atoms with Crippen LogP contribution in [-0.2, 0) is 0 Å². The summed E-state index contributed by atoms with van der Waals surface area (Å²) in [5.41, 5.74) is 0. The minimum absolute atomic E-state index is 1.17. The van der Waals surface area contributed by atoms with Gasteiger partial charge in [-0.2, -0.15) is 0 Å². The first-order valence-corrected chi connectivity index (χ1v) is 12.4. The minimum Gasteiger partial charge on any atom is -0.0528 e. The molecule has 0 N–H and O–H groups in total. The molecule has 7 saturated carbocycles. The van der Waals surface area contributed by atoms with Crippen LogP contribution in [-0.4, -0.2) is 0 Å². The molecule has 138 valence electrons. The van der Waals surface area contributed by atoms with Gasteiger partial charge in [0.25, 0.3) is 0 Å². The maximum Gasteiger partial charge on any atom is -0.0315 e. The second kappa shape index (κ2) is 5.29. The largest absolute Gasteiger partial charge is 0.0528 e. The zero-order chi connectivity index (χ0) is 16.1. The van der Waals surface area contributed by atoms with Crippen molar-refractivity contribution in [3.63, 3.8) is 0 Å². The third-order valence-corrected chi connectivity index (χ3v) is 11.6. The van der Waals surface area contributed by atoms with Crippen LogP contribution < -0.4 is 0 Å². The lowest BCUT2D eigenvalue weighted by Crippen LogP contribution is -2.64. The molecule has 0 radical (unpaired) electrons. The maximum atomic E-state index is 1.68. The Morgan fingerprint density at radius 2 is 0.840 bits per heavy atom. The van der Waals surface area contributed by atoms with Crippen LogP contribution in [0.5, 0.6) is 0 Å². The highest BCUT2D eigenvalue weighted by molar-refractivity contribution is 5.13. The lowest BCUT2D eigenvalue weighted by Gasteiger charge is -2.70. The molecule has 0 heterocycles. The topological polar surface area (TPSA) is 0 Å². The molecule has 7 rings (SSSR count). The van der Waals surface area contributed by atoms with E-state index in [0.29, 0.717) is 0 Å². The predicted molar refractivity (Wildman–Crippen MR) is 102 cm³/mol. The van der Waals surface area contributed by atoms with Crippen molar-refractivity contribution in [2.75, 3.05) is 0 Å². The van der Waals surface area contributed by atoms with Gasteiger partial charge in [0.05, 0.1) is 0 Å². The highest BCUT2D eigenvalue weighted by atomic mass is 14.7. The van der Waals surface area contributed by atoms with E-state index in [4.69, 9.17) is 0 Å². The molecule has 0 saturated heterocycles. The number of rotatable bonds is 0. The van der Waals surface area contributed by atoms with E-state index in [9.17, 15) is 0 Å². The monoisotopic (exact) mass is 338 g/mol. The van der Waals surface area contributed by atoms with Crippen molar-refractivity contribution in [1.82, 2.24) is 0 Å². The molecule has 0 bridgehead atoms. The number of fused-ring (bicyclic) bond motifs is 1. The Balaban J connectivity index is 1.37. The number of hydrogen-bond acceptors (Lipinski definition) is 0. The zero-order valence-electron chi connectivity index (χ0n) is 16.1. The molecule has 0 heteroatoms. The summed E-state index contributed by atoms with van der Waals surface area (Å²) in [5.74, 6) is 14.3. The molecule has 12 atom stereocenters. The van der Waals surface area contributed by atoms with Crippen LogP contribution in [0.4, 0.5) is 0 Å². The molecule has 7 fully saturated rings. The van der Waals surface area contributed by atoms with Crippen molar-refractivity contribution in [2.24, 2.45) is 71.0 Å². The Hall–Kier alpha value is 0. The van der Waals surface area contributed by atoms with Crippen molar-refractivity contribution in [1.29, 1.82) is 0 Å². The van der Waals surface area contributed by atoms with Gasteiger partial charge < -0.3 is 0 Å². The molecular weight excluding hydrogens is 300 g/mol. The van der Waals surface area contributed by atoms with Crippen LogP contribution in [0.2, 0.25) is 0 Å². The van der Waals surface area contributed by atoms with Gasteiger partial charge in [-0.15, -0.1) is 0 Å². The summed E-state index contributed by atoms with van der Waals surface area (Å²) < 4.78 is 0. The van der Waals surface area contributed by atoms with Gasteiger partial charge in [0.2, 0.25) is 0 Å². The molecule has 12 unspecified atom stereocenters. The van der Waals surface area contributed by atoms with Crippen LogP contribution in [0.3, 0.4) is 0 Å². The Labute approximate surface area is 154 Å². The van der Waals surface area contributed by atoms with E-state index in [1.807, 2.05) is 0 Å². The standard InChI is InChI=1S/C25H38/c1-3-14-11-12-20-19-6-2-4-15-7-8-16-9-10-18-13-17(5-1)21(14)25(20)24(18)23(16)22(15)19/h14-25H,1-13H2. The molecule has 7 aliphatic rings. The van der Waals surface area contributed by atoms with E-state index in [1.165, 1.54) is 71.0 Å². The molecular formula is C25H38. The molecule has 0 spiro atoms. The van der Waals surface area contributed by atoms with Gasteiger partial charge in [0.1, 0.15) is 0 Å². The third kappa shape index (κ3) is 1.86. The average molecular weight is 339 g/mol. The van der Waals surface area contributed by atoms with Crippen LogP contribution in [0.15, 0.2) is 0 Å². The van der Waals surface area contributed by atoms with Gasteiger partial charge in [0.15, 0.2) is 0 Å². The quantitative estimate of drug-likeness (QED) is 0.470. The second-order valence-electron chi connectivity index (χ2n) is 11.8. The lowest BCUT2D eigenvalue weighted by molar-refractivity contribution is -0.217. The van der Waals surface area contributed by atoms with Crippen molar-refractivity contribution < 1.29 is 0 Å². The molecule has 7 aliphatic carbocycles. The summed E-state index contributed by atoms with van der Waals surface area (Å²) >= 11 is 0. The Kier molecular flexibility index (Phi) is 3.17. The fraction of sp³-hybridized carbons (Fsp3) is 1.00. The van der Waals surface area contributed by atoms with Gasteiger partial charge in [-0.3, -0.25) is 0 Å². The molecule has 0 aromatic heterocycles. The summed E-state index contributed by atoms with van der Waals surface area (Å²) in [6, 6.07) is 0. The van der Waals surface area contributed by atoms with Crippen molar-refractivity contribution >= 4 is 0 Å². The van der Waals surface area contributed by atoms with Gasteiger partial charge in [0, 0.05) is 0 Å². The summed E-state index contributed by atoms with van der Waals surface area (Å²) in [5, 5.41) is 0. The SMILES string of the molecule is C1CC2CCC3C4CCCC5CCC6CCC7CC(C1)C2C3C7C6C54. The average Bonchev–Trinajstić information content (AvgIpc) is 2.67. The van der Waals surface area contributed by atoms with Crippen LogP contribution in [0.1, 0.15) is 83.5 Å². The summed E-state index contributed by atoms with van der Waals surface area (Å²) in [7, 11) is 0. The number of hydrogen-bond donors (Lipinski definition) is 0. The first kappa shape index (κ1) is 15.0. The second-order valence-corrected chi connectivity index (χ2v) is 11.8. The van der Waals surface area contributed by atoms with Crippen LogP contribution >= 0.6 is 0 Å². The Morgan fingerprint density at radius 1 is 0.320 bits per heavy atom. The third-order valence-electron chi connectivity index (χ3n) is 11.6. The van der Waals surface area contributed by atoms with E-state index in [-0.39, 0.29) is 0 Å². The fourth-order valence-corrected chi connectivity index (χ4v) is 11.4. The van der Waals surface area contributed by atoms with E-state index in [1.54, 1.807) is 83.5 Å². The molecule has 25 heavy (non-hydrogen) atoms. The predicted octanol–water partition coefficient (Wildman–Crippen LogP) is 6.55. The summed E-state index contributed by atoms with van der Waals surface area (Å²) in [6.07, 6.45) is 21.2. The van der Waals surface area contributed by atoms with Gasteiger partial charge >= 0.3 is 0 Å². The van der Waals surface area contributed by atoms with E-state index in [2.05, 4.69) is 0 Å². The van der Waals surface area contributed by atoms with Crippen LogP contribution in [0.25, 0.3) is 0 Å². The first-order chi connectivity index (χ1) is 12.4. The van der Waals surface area contributed by atoms with E-state index in [0.717, 1.165) is 0 Å². The summed E-state index contributed by atoms with van der Waals surface area (Å²) in [4.78, 5) is 0. The van der Waals surface area contributed by atoms with Crippen molar-refractivity contribution in [2.45, 2.75) is 83.5 Å². The maximum absolute atomic E-state index is 1.68. The Morgan fingerprint density at radius 3 is 1.72 bits per heavy atom. The highest BCUT2D eigenvalue weighted by Crippen LogP contribution is 2.71. The smallest absolute Gasteiger partial charge is 0.0315 e. The van der Waals surface area contributed by atoms with Crippen molar-refractivity contribution in [3.05, 3.63) is 0 Å².